The van der Waals surface area contributed by atoms with Gasteiger partial charge in [0.2, 0.25) is 0 Å². The fourth-order valence-corrected chi connectivity index (χ4v) is 2.24. The van der Waals surface area contributed by atoms with Gasteiger partial charge in [-0.3, -0.25) is 0 Å². The van der Waals surface area contributed by atoms with Crippen LogP contribution in [0.5, 0.6) is 5.75 Å². The summed E-state index contributed by atoms with van der Waals surface area (Å²) >= 11 is 6.64. The van der Waals surface area contributed by atoms with Crippen LogP contribution in [0.3, 0.4) is 0 Å². The summed E-state index contributed by atoms with van der Waals surface area (Å²) in [5, 5.41) is 0. The van der Waals surface area contributed by atoms with E-state index in [1.165, 1.54) is 16.4 Å². The van der Waals surface area contributed by atoms with Crippen LogP contribution in [0.4, 0.5) is 0 Å². The highest BCUT2D eigenvalue weighted by molar-refractivity contribution is 14.1. The van der Waals surface area contributed by atoms with Crippen molar-refractivity contribution in [2.75, 3.05) is 12.4 Å². The Hall–Kier alpha value is 0.100. The Balaban J connectivity index is 1.92. The van der Waals surface area contributed by atoms with Gasteiger partial charge in [-0.2, -0.15) is 12.6 Å². The molecule has 0 spiro atoms. The van der Waals surface area contributed by atoms with Crippen LogP contribution in [-0.2, 0) is 0 Å². The van der Waals surface area contributed by atoms with Gasteiger partial charge in [0, 0.05) is 8.99 Å². The second-order valence-electron chi connectivity index (χ2n) is 3.90. The van der Waals surface area contributed by atoms with Crippen LogP contribution in [0.25, 0.3) is 0 Å². The molecule has 2 rings (SSSR count). The van der Waals surface area contributed by atoms with Crippen LogP contribution in [0.2, 0.25) is 0 Å². The number of ether oxygens (including phenoxy) is 1. The van der Waals surface area contributed by atoms with Crippen molar-refractivity contribution in [2.45, 2.75) is 12.8 Å². The second-order valence-corrected chi connectivity index (χ2v) is 5.47. The predicted octanol–water partition coefficient (Wildman–Crippen LogP) is 3.38. The van der Waals surface area contributed by atoms with Gasteiger partial charge < -0.3 is 4.74 Å². The fraction of sp³-hybridized carbons (Fsp3) is 0.455. The van der Waals surface area contributed by atoms with Gasteiger partial charge in [-0.1, -0.05) is 6.07 Å². The monoisotopic (exact) mass is 320 g/mol. The molecule has 0 N–H and O–H groups in total. The number of hydrogen-bond acceptors (Lipinski definition) is 2. The molecule has 0 unspecified atom stereocenters. The van der Waals surface area contributed by atoms with Gasteiger partial charge in [-0.05, 0) is 59.4 Å². The summed E-state index contributed by atoms with van der Waals surface area (Å²) in [6.45, 7) is 0.816. The molecule has 0 amide bonds. The highest BCUT2D eigenvalue weighted by Crippen LogP contribution is 2.46. The van der Waals surface area contributed by atoms with Crippen molar-refractivity contribution < 1.29 is 4.74 Å². The summed E-state index contributed by atoms with van der Waals surface area (Å²) in [6.07, 6.45) is 2.53. The van der Waals surface area contributed by atoms with Crippen LogP contribution < -0.4 is 4.74 Å². The van der Waals surface area contributed by atoms with E-state index in [0.717, 1.165) is 18.1 Å². The topological polar surface area (TPSA) is 9.23 Å². The molecular weight excluding hydrogens is 307 g/mol. The summed E-state index contributed by atoms with van der Waals surface area (Å²) in [5.74, 6) is 1.92. The van der Waals surface area contributed by atoms with Gasteiger partial charge in [0.15, 0.2) is 0 Å². The molecule has 1 nitrogen and oxygen atoms in total. The zero-order chi connectivity index (χ0) is 10.0. The van der Waals surface area contributed by atoms with E-state index in [1.54, 1.807) is 0 Å². The Labute approximate surface area is 104 Å². The van der Waals surface area contributed by atoms with Gasteiger partial charge in [-0.25, -0.2) is 0 Å². The van der Waals surface area contributed by atoms with Crippen molar-refractivity contribution in [1.82, 2.24) is 0 Å². The molecular formula is C11H13IOS. The third-order valence-electron chi connectivity index (χ3n) is 2.63. The molecule has 76 valence electrons. The zero-order valence-corrected chi connectivity index (χ0v) is 10.9. The first-order chi connectivity index (χ1) is 6.74. The Morgan fingerprint density at radius 2 is 2.21 bits per heavy atom. The lowest BCUT2D eigenvalue weighted by atomic mass is 10.2. The van der Waals surface area contributed by atoms with Crippen molar-refractivity contribution in [2.24, 2.45) is 5.41 Å². The molecule has 14 heavy (non-hydrogen) atoms. The molecule has 1 aliphatic rings. The van der Waals surface area contributed by atoms with E-state index >= 15 is 0 Å². The Morgan fingerprint density at radius 1 is 1.43 bits per heavy atom. The summed E-state index contributed by atoms with van der Waals surface area (Å²) < 4.78 is 6.97. The molecule has 1 aromatic carbocycles. The molecule has 0 saturated heterocycles. The predicted molar refractivity (Wildman–Crippen MR) is 70.2 cm³/mol. The molecule has 0 bridgehead atoms. The molecule has 1 fully saturated rings. The first-order valence-corrected chi connectivity index (χ1v) is 6.44. The highest BCUT2D eigenvalue weighted by atomic mass is 127. The smallest absolute Gasteiger partial charge is 0.120 e. The number of halogens is 1. The first-order valence-electron chi connectivity index (χ1n) is 4.73. The van der Waals surface area contributed by atoms with Crippen LogP contribution >= 0.6 is 35.2 Å². The van der Waals surface area contributed by atoms with Gasteiger partial charge >= 0.3 is 0 Å². The van der Waals surface area contributed by atoms with Crippen molar-refractivity contribution >= 4 is 35.2 Å². The normalized spacial score (nSPS) is 17.9. The number of hydrogen-bond donors (Lipinski definition) is 1. The quantitative estimate of drug-likeness (QED) is 0.661. The summed E-state index contributed by atoms with van der Waals surface area (Å²) in [7, 11) is 0. The van der Waals surface area contributed by atoms with E-state index in [4.69, 9.17) is 4.74 Å². The fourth-order valence-electron chi connectivity index (χ4n) is 1.32. The van der Waals surface area contributed by atoms with E-state index in [1.807, 2.05) is 12.1 Å². The van der Waals surface area contributed by atoms with Gasteiger partial charge in [0.1, 0.15) is 5.75 Å². The third-order valence-corrected chi connectivity index (χ3v) is 3.98. The largest absolute Gasteiger partial charge is 0.493 e. The van der Waals surface area contributed by atoms with Crippen molar-refractivity contribution in [1.29, 1.82) is 0 Å². The second kappa shape index (κ2) is 4.31. The molecule has 1 aliphatic carbocycles. The third kappa shape index (κ3) is 2.57. The van der Waals surface area contributed by atoms with Crippen LogP contribution in [0, 0.1) is 8.99 Å². The number of thiol groups is 1. The number of benzene rings is 1. The summed E-state index contributed by atoms with van der Waals surface area (Å²) in [5.41, 5.74) is 0.379. The average Bonchev–Trinajstić information content (AvgIpc) is 2.96. The van der Waals surface area contributed by atoms with E-state index < -0.39 is 0 Å². The lowest BCUT2D eigenvalue weighted by Gasteiger charge is -2.13. The minimum absolute atomic E-state index is 0.379. The van der Waals surface area contributed by atoms with Crippen LogP contribution in [-0.4, -0.2) is 12.4 Å². The standard InChI is InChI=1S/C11H13IOS/c12-9-2-1-3-10(6-9)13-7-11(8-14)4-5-11/h1-3,6,14H,4-5,7-8H2. The van der Waals surface area contributed by atoms with Gasteiger partial charge in [0.25, 0.3) is 0 Å². The summed E-state index contributed by atoms with van der Waals surface area (Å²) in [4.78, 5) is 0. The van der Waals surface area contributed by atoms with Crippen LogP contribution in [0.15, 0.2) is 24.3 Å². The maximum atomic E-state index is 5.75. The zero-order valence-electron chi connectivity index (χ0n) is 7.87. The van der Waals surface area contributed by atoms with E-state index in [-0.39, 0.29) is 0 Å². The van der Waals surface area contributed by atoms with Crippen molar-refractivity contribution in [3.63, 3.8) is 0 Å². The summed E-state index contributed by atoms with van der Waals surface area (Å²) in [6, 6.07) is 8.17. The molecule has 0 radical (unpaired) electrons. The van der Waals surface area contributed by atoms with Crippen molar-refractivity contribution in [3.8, 4) is 5.75 Å². The molecule has 0 aliphatic heterocycles. The Kier molecular flexibility index (Phi) is 3.27. The maximum Gasteiger partial charge on any atom is 0.120 e. The highest BCUT2D eigenvalue weighted by Gasteiger charge is 2.42. The van der Waals surface area contributed by atoms with E-state index in [2.05, 4.69) is 47.4 Å². The molecule has 1 aromatic rings. The Bertz CT molecular complexity index is 323. The Morgan fingerprint density at radius 3 is 2.79 bits per heavy atom. The molecule has 0 aromatic heterocycles. The molecule has 0 heterocycles. The van der Waals surface area contributed by atoms with Gasteiger partial charge in [-0.15, -0.1) is 0 Å². The maximum absolute atomic E-state index is 5.75. The molecule has 0 atom stereocenters. The lowest BCUT2D eigenvalue weighted by Crippen LogP contribution is -2.14. The number of rotatable bonds is 4. The van der Waals surface area contributed by atoms with Gasteiger partial charge in [0.05, 0.1) is 6.61 Å². The van der Waals surface area contributed by atoms with E-state index in [9.17, 15) is 0 Å². The van der Waals surface area contributed by atoms with Crippen molar-refractivity contribution in [3.05, 3.63) is 27.8 Å². The van der Waals surface area contributed by atoms with E-state index in [0.29, 0.717) is 5.41 Å². The lowest BCUT2D eigenvalue weighted by molar-refractivity contribution is 0.250. The SMILES string of the molecule is SCC1(COc2cccc(I)c2)CC1. The first kappa shape index (κ1) is 10.6. The molecule has 1 saturated carbocycles. The minimum atomic E-state index is 0.379. The van der Waals surface area contributed by atoms with Crippen LogP contribution in [0.1, 0.15) is 12.8 Å². The average molecular weight is 320 g/mol. The molecule has 3 heteroatoms. The minimum Gasteiger partial charge on any atom is -0.493 e.